The van der Waals surface area contributed by atoms with E-state index in [0.717, 1.165) is 25.9 Å². The van der Waals surface area contributed by atoms with E-state index < -0.39 is 0 Å². The van der Waals surface area contributed by atoms with Crippen molar-refractivity contribution in [3.63, 3.8) is 0 Å². The van der Waals surface area contributed by atoms with E-state index in [1.165, 1.54) is 0 Å². The Kier molecular flexibility index (Phi) is 3.64. The van der Waals surface area contributed by atoms with Crippen LogP contribution in [-0.2, 0) is 0 Å². The SMILES string of the molecule is NCCC1CCN(C(=O)c2ccc(O)cc2)C1. The molecule has 2 rings (SSSR count). The molecule has 1 saturated heterocycles. The molecule has 0 saturated carbocycles. The zero-order valence-corrected chi connectivity index (χ0v) is 9.80. The van der Waals surface area contributed by atoms with Gasteiger partial charge in [0.15, 0.2) is 0 Å². The van der Waals surface area contributed by atoms with E-state index in [9.17, 15) is 9.90 Å². The molecule has 4 nitrogen and oxygen atoms in total. The zero-order valence-electron chi connectivity index (χ0n) is 9.80. The molecule has 1 fully saturated rings. The lowest BCUT2D eigenvalue weighted by molar-refractivity contribution is 0.0786. The minimum atomic E-state index is 0.0459. The topological polar surface area (TPSA) is 66.6 Å². The first-order chi connectivity index (χ1) is 8.20. The van der Waals surface area contributed by atoms with Gasteiger partial charge in [-0.05, 0) is 49.6 Å². The summed E-state index contributed by atoms with van der Waals surface area (Å²) in [6.45, 7) is 2.30. The van der Waals surface area contributed by atoms with Gasteiger partial charge in [-0.3, -0.25) is 4.79 Å². The third-order valence-corrected chi connectivity index (χ3v) is 3.26. The van der Waals surface area contributed by atoms with E-state index in [2.05, 4.69) is 0 Å². The molecule has 1 aliphatic heterocycles. The number of amides is 1. The van der Waals surface area contributed by atoms with Crippen molar-refractivity contribution in [3.8, 4) is 5.75 Å². The second-order valence-electron chi connectivity index (χ2n) is 4.53. The van der Waals surface area contributed by atoms with Gasteiger partial charge in [0.05, 0.1) is 0 Å². The second kappa shape index (κ2) is 5.19. The van der Waals surface area contributed by atoms with E-state index in [1.54, 1.807) is 24.3 Å². The summed E-state index contributed by atoms with van der Waals surface area (Å²) in [7, 11) is 0. The molecule has 17 heavy (non-hydrogen) atoms. The summed E-state index contributed by atoms with van der Waals surface area (Å²) < 4.78 is 0. The van der Waals surface area contributed by atoms with Gasteiger partial charge < -0.3 is 15.7 Å². The van der Waals surface area contributed by atoms with E-state index in [0.29, 0.717) is 18.0 Å². The molecular formula is C13H18N2O2. The Balaban J connectivity index is 1.99. The Hall–Kier alpha value is -1.55. The normalized spacial score (nSPS) is 19.6. The fourth-order valence-corrected chi connectivity index (χ4v) is 2.28. The van der Waals surface area contributed by atoms with Gasteiger partial charge in [0.1, 0.15) is 5.75 Å². The number of phenols is 1. The fourth-order valence-electron chi connectivity index (χ4n) is 2.28. The quantitative estimate of drug-likeness (QED) is 0.826. The monoisotopic (exact) mass is 234 g/mol. The van der Waals surface area contributed by atoms with Crippen molar-refractivity contribution in [1.82, 2.24) is 4.90 Å². The van der Waals surface area contributed by atoms with Crippen LogP contribution in [0.3, 0.4) is 0 Å². The Morgan fingerprint density at radius 1 is 1.41 bits per heavy atom. The van der Waals surface area contributed by atoms with Crippen molar-refractivity contribution in [1.29, 1.82) is 0 Å². The lowest BCUT2D eigenvalue weighted by Gasteiger charge is -2.16. The molecule has 0 radical (unpaired) electrons. The highest BCUT2D eigenvalue weighted by Gasteiger charge is 2.26. The number of carbonyl (C=O) groups is 1. The summed E-state index contributed by atoms with van der Waals surface area (Å²) in [5.41, 5.74) is 6.16. The number of aromatic hydroxyl groups is 1. The average Bonchev–Trinajstić information content (AvgIpc) is 2.78. The Labute approximate surface area is 101 Å². The molecule has 92 valence electrons. The van der Waals surface area contributed by atoms with Crippen LogP contribution in [0.1, 0.15) is 23.2 Å². The lowest BCUT2D eigenvalue weighted by atomic mass is 10.1. The molecule has 0 aromatic heterocycles. The number of nitrogens with zero attached hydrogens (tertiary/aromatic N) is 1. The highest BCUT2D eigenvalue weighted by atomic mass is 16.3. The molecule has 1 atom stereocenters. The van der Waals surface area contributed by atoms with E-state index in [4.69, 9.17) is 5.73 Å². The Morgan fingerprint density at radius 3 is 2.76 bits per heavy atom. The molecule has 0 aliphatic carbocycles. The van der Waals surface area contributed by atoms with Crippen molar-refractivity contribution in [3.05, 3.63) is 29.8 Å². The van der Waals surface area contributed by atoms with E-state index in [1.807, 2.05) is 4.90 Å². The van der Waals surface area contributed by atoms with Gasteiger partial charge in [-0.25, -0.2) is 0 Å². The maximum atomic E-state index is 12.1. The first kappa shape index (κ1) is 11.9. The van der Waals surface area contributed by atoms with Gasteiger partial charge in [-0.15, -0.1) is 0 Å². The number of benzene rings is 1. The lowest BCUT2D eigenvalue weighted by Crippen LogP contribution is -2.28. The van der Waals surface area contributed by atoms with Crippen LogP contribution in [0.4, 0.5) is 0 Å². The molecule has 3 N–H and O–H groups in total. The molecule has 0 bridgehead atoms. The van der Waals surface area contributed by atoms with Gasteiger partial charge in [-0.2, -0.15) is 0 Å². The molecule has 1 heterocycles. The molecule has 1 aliphatic rings. The van der Waals surface area contributed by atoms with Gasteiger partial charge in [-0.1, -0.05) is 0 Å². The van der Waals surface area contributed by atoms with E-state index >= 15 is 0 Å². The van der Waals surface area contributed by atoms with Crippen molar-refractivity contribution in [2.24, 2.45) is 11.7 Å². The molecule has 1 aromatic carbocycles. The van der Waals surface area contributed by atoms with Gasteiger partial charge >= 0.3 is 0 Å². The minimum absolute atomic E-state index is 0.0459. The number of carbonyl (C=O) groups excluding carboxylic acids is 1. The summed E-state index contributed by atoms with van der Waals surface area (Å²) in [5.74, 6) is 0.773. The predicted molar refractivity (Wildman–Crippen MR) is 65.8 cm³/mol. The highest BCUT2D eigenvalue weighted by Crippen LogP contribution is 2.21. The number of likely N-dealkylation sites (tertiary alicyclic amines) is 1. The van der Waals surface area contributed by atoms with Crippen LogP contribution in [-0.4, -0.2) is 35.5 Å². The van der Waals surface area contributed by atoms with Gasteiger partial charge in [0, 0.05) is 18.7 Å². The summed E-state index contributed by atoms with van der Waals surface area (Å²) in [5, 5.41) is 9.18. The Bertz CT molecular complexity index is 389. The van der Waals surface area contributed by atoms with Crippen LogP contribution in [0.5, 0.6) is 5.75 Å². The van der Waals surface area contributed by atoms with Crippen LogP contribution in [0.2, 0.25) is 0 Å². The summed E-state index contributed by atoms with van der Waals surface area (Å²) in [6.07, 6.45) is 2.03. The van der Waals surface area contributed by atoms with Crippen LogP contribution >= 0.6 is 0 Å². The van der Waals surface area contributed by atoms with Crippen LogP contribution < -0.4 is 5.73 Å². The molecule has 1 aromatic rings. The number of hydrogen-bond acceptors (Lipinski definition) is 3. The van der Waals surface area contributed by atoms with Crippen molar-refractivity contribution in [2.45, 2.75) is 12.8 Å². The number of phenolic OH excluding ortho intramolecular Hbond substituents is 1. The second-order valence-corrected chi connectivity index (χ2v) is 4.53. The first-order valence-corrected chi connectivity index (χ1v) is 5.99. The largest absolute Gasteiger partial charge is 0.508 e. The summed E-state index contributed by atoms with van der Waals surface area (Å²) in [4.78, 5) is 14.0. The van der Waals surface area contributed by atoms with Crippen LogP contribution in [0.25, 0.3) is 0 Å². The smallest absolute Gasteiger partial charge is 0.253 e. The Morgan fingerprint density at radius 2 is 2.12 bits per heavy atom. The van der Waals surface area contributed by atoms with Gasteiger partial charge in [0.2, 0.25) is 0 Å². The molecule has 1 unspecified atom stereocenters. The van der Waals surface area contributed by atoms with Crippen LogP contribution in [0.15, 0.2) is 24.3 Å². The third kappa shape index (κ3) is 2.77. The summed E-state index contributed by atoms with van der Waals surface area (Å²) in [6, 6.07) is 6.41. The van der Waals surface area contributed by atoms with Crippen molar-refractivity contribution >= 4 is 5.91 Å². The fraction of sp³-hybridized carbons (Fsp3) is 0.462. The van der Waals surface area contributed by atoms with Crippen molar-refractivity contribution in [2.75, 3.05) is 19.6 Å². The highest BCUT2D eigenvalue weighted by molar-refractivity contribution is 5.94. The predicted octanol–water partition coefficient (Wildman–Crippen LogP) is 1.20. The van der Waals surface area contributed by atoms with Crippen molar-refractivity contribution < 1.29 is 9.90 Å². The zero-order chi connectivity index (χ0) is 12.3. The number of rotatable bonds is 3. The maximum absolute atomic E-state index is 12.1. The maximum Gasteiger partial charge on any atom is 0.253 e. The number of nitrogens with two attached hydrogens (primary N) is 1. The van der Waals surface area contributed by atoms with E-state index in [-0.39, 0.29) is 11.7 Å². The first-order valence-electron chi connectivity index (χ1n) is 5.99. The van der Waals surface area contributed by atoms with Gasteiger partial charge in [0.25, 0.3) is 5.91 Å². The summed E-state index contributed by atoms with van der Waals surface area (Å²) >= 11 is 0. The minimum Gasteiger partial charge on any atom is -0.508 e. The standard InChI is InChI=1S/C13H18N2O2/c14-7-5-10-6-8-15(9-10)13(17)11-1-3-12(16)4-2-11/h1-4,10,16H,5-9,14H2. The number of hydrogen-bond donors (Lipinski definition) is 2. The third-order valence-electron chi connectivity index (χ3n) is 3.26. The molecular weight excluding hydrogens is 216 g/mol. The van der Waals surface area contributed by atoms with Crippen LogP contribution in [0, 0.1) is 5.92 Å². The average molecular weight is 234 g/mol. The molecule has 4 heteroatoms. The molecule has 1 amide bonds. The molecule has 0 spiro atoms.